The first-order valence-corrected chi connectivity index (χ1v) is 7.33. The van der Waals surface area contributed by atoms with Crippen LogP contribution in [0.15, 0.2) is 54.6 Å². The molecule has 2 aromatic rings. The summed E-state index contributed by atoms with van der Waals surface area (Å²) in [5.74, 6) is 1.75. The van der Waals surface area contributed by atoms with Crippen LogP contribution in [0.2, 0.25) is 0 Å². The topological polar surface area (TPSA) is 21.3 Å². The lowest BCUT2D eigenvalue weighted by atomic mass is 10.0. The molecular weight excluding hydrogens is 246 g/mol. The smallest absolute Gasteiger partial charge is 0.127 e. The second-order valence-corrected chi connectivity index (χ2v) is 4.97. The fourth-order valence-corrected chi connectivity index (χ4v) is 2.28. The van der Waals surface area contributed by atoms with E-state index in [2.05, 4.69) is 24.4 Å². The summed E-state index contributed by atoms with van der Waals surface area (Å²) < 4.78 is 5.81. The molecule has 2 heteroatoms. The summed E-state index contributed by atoms with van der Waals surface area (Å²) in [5, 5.41) is 3.38. The second-order valence-electron chi connectivity index (χ2n) is 4.97. The van der Waals surface area contributed by atoms with Gasteiger partial charge in [-0.05, 0) is 43.3 Å². The molecule has 1 N–H and O–H groups in total. The van der Waals surface area contributed by atoms with Crippen LogP contribution in [0.25, 0.3) is 0 Å². The Morgan fingerprint density at radius 3 is 2.20 bits per heavy atom. The van der Waals surface area contributed by atoms with Crippen molar-refractivity contribution in [3.8, 4) is 11.5 Å². The van der Waals surface area contributed by atoms with Gasteiger partial charge in [-0.25, -0.2) is 0 Å². The van der Waals surface area contributed by atoms with Crippen LogP contribution >= 0.6 is 0 Å². The molecule has 0 heterocycles. The normalized spacial score (nSPS) is 12.1. The van der Waals surface area contributed by atoms with E-state index in [1.165, 1.54) is 24.8 Å². The molecule has 1 unspecified atom stereocenters. The second kappa shape index (κ2) is 7.71. The van der Waals surface area contributed by atoms with Crippen LogP contribution in [0.3, 0.4) is 0 Å². The van der Waals surface area contributed by atoms with Gasteiger partial charge in [-0.3, -0.25) is 0 Å². The van der Waals surface area contributed by atoms with Crippen molar-refractivity contribution in [2.24, 2.45) is 0 Å². The molecule has 2 nitrogen and oxygen atoms in total. The molecule has 0 saturated heterocycles. The summed E-state index contributed by atoms with van der Waals surface area (Å²) in [6.07, 6.45) is 3.65. The van der Waals surface area contributed by atoms with Crippen molar-refractivity contribution in [1.29, 1.82) is 0 Å². The van der Waals surface area contributed by atoms with Gasteiger partial charge in [-0.15, -0.1) is 0 Å². The van der Waals surface area contributed by atoms with E-state index in [9.17, 15) is 0 Å². The zero-order valence-corrected chi connectivity index (χ0v) is 12.3. The van der Waals surface area contributed by atoms with E-state index in [1.54, 1.807) is 0 Å². The Morgan fingerprint density at radius 2 is 1.60 bits per heavy atom. The van der Waals surface area contributed by atoms with Crippen LogP contribution in [0.5, 0.6) is 11.5 Å². The first-order valence-electron chi connectivity index (χ1n) is 7.33. The van der Waals surface area contributed by atoms with Crippen molar-refractivity contribution < 1.29 is 4.74 Å². The van der Waals surface area contributed by atoms with E-state index in [0.29, 0.717) is 6.04 Å². The summed E-state index contributed by atoms with van der Waals surface area (Å²) in [6, 6.07) is 18.7. The van der Waals surface area contributed by atoms with Crippen molar-refractivity contribution in [1.82, 2.24) is 5.32 Å². The third-order valence-electron chi connectivity index (χ3n) is 3.46. The van der Waals surface area contributed by atoms with Crippen molar-refractivity contribution >= 4 is 0 Å². The molecular formula is C18H23NO. The van der Waals surface area contributed by atoms with Crippen LogP contribution < -0.4 is 10.1 Å². The van der Waals surface area contributed by atoms with Gasteiger partial charge in [0.05, 0.1) is 0 Å². The van der Waals surface area contributed by atoms with E-state index in [1.807, 2.05) is 49.5 Å². The predicted molar refractivity (Wildman–Crippen MR) is 84.3 cm³/mol. The zero-order valence-electron chi connectivity index (χ0n) is 12.3. The Labute approximate surface area is 121 Å². The maximum atomic E-state index is 5.81. The summed E-state index contributed by atoms with van der Waals surface area (Å²) in [7, 11) is 2.02. The fourth-order valence-electron chi connectivity index (χ4n) is 2.28. The van der Waals surface area contributed by atoms with E-state index >= 15 is 0 Å². The van der Waals surface area contributed by atoms with Crippen LogP contribution in [-0.4, -0.2) is 7.05 Å². The summed E-state index contributed by atoms with van der Waals surface area (Å²) in [5.41, 5.74) is 1.32. The van der Waals surface area contributed by atoms with Gasteiger partial charge in [0, 0.05) is 6.04 Å². The Bertz CT molecular complexity index is 493. The van der Waals surface area contributed by atoms with Crippen molar-refractivity contribution in [3.63, 3.8) is 0 Å². The molecule has 0 radical (unpaired) electrons. The van der Waals surface area contributed by atoms with Crippen LogP contribution in [0.1, 0.15) is 37.8 Å². The summed E-state index contributed by atoms with van der Waals surface area (Å²) in [4.78, 5) is 0. The fraction of sp³-hybridized carbons (Fsp3) is 0.333. The average molecular weight is 269 g/mol. The minimum Gasteiger partial charge on any atom is -0.457 e. The highest BCUT2D eigenvalue weighted by Gasteiger charge is 2.08. The number of nitrogens with one attached hydrogen (secondary N) is 1. The van der Waals surface area contributed by atoms with Gasteiger partial charge < -0.3 is 10.1 Å². The van der Waals surface area contributed by atoms with E-state index < -0.39 is 0 Å². The Kier molecular flexibility index (Phi) is 5.63. The number of rotatable bonds is 7. The highest BCUT2D eigenvalue weighted by atomic mass is 16.5. The molecule has 1 atom stereocenters. The molecule has 20 heavy (non-hydrogen) atoms. The number of hydrogen-bond acceptors (Lipinski definition) is 2. The quantitative estimate of drug-likeness (QED) is 0.769. The molecule has 0 saturated carbocycles. The van der Waals surface area contributed by atoms with Gasteiger partial charge in [0.2, 0.25) is 0 Å². The summed E-state index contributed by atoms with van der Waals surface area (Å²) >= 11 is 0. The number of ether oxygens (including phenoxy) is 1. The maximum Gasteiger partial charge on any atom is 0.127 e. The highest BCUT2D eigenvalue weighted by Crippen LogP contribution is 2.25. The lowest BCUT2D eigenvalue weighted by Gasteiger charge is -2.16. The number of para-hydroxylation sites is 1. The summed E-state index contributed by atoms with van der Waals surface area (Å²) in [6.45, 7) is 2.23. The van der Waals surface area contributed by atoms with Gasteiger partial charge in [0.1, 0.15) is 11.5 Å². The van der Waals surface area contributed by atoms with Gasteiger partial charge in [0.25, 0.3) is 0 Å². The van der Waals surface area contributed by atoms with Gasteiger partial charge in [-0.1, -0.05) is 50.1 Å². The van der Waals surface area contributed by atoms with Gasteiger partial charge >= 0.3 is 0 Å². The highest BCUT2D eigenvalue weighted by molar-refractivity contribution is 5.33. The maximum absolute atomic E-state index is 5.81. The van der Waals surface area contributed by atoms with E-state index in [0.717, 1.165) is 11.5 Å². The molecule has 0 aliphatic rings. The monoisotopic (exact) mass is 269 g/mol. The number of hydrogen-bond donors (Lipinski definition) is 1. The van der Waals surface area contributed by atoms with E-state index in [4.69, 9.17) is 4.74 Å². The van der Waals surface area contributed by atoms with Crippen LogP contribution in [0.4, 0.5) is 0 Å². The first kappa shape index (κ1) is 14.6. The molecule has 0 spiro atoms. The third kappa shape index (κ3) is 4.10. The standard InChI is InChI=1S/C18H23NO/c1-3-4-10-18(19-2)15-11-13-17(14-12-15)20-16-8-6-5-7-9-16/h5-9,11-14,18-19H,3-4,10H2,1-2H3. The van der Waals surface area contributed by atoms with Crippen molar-refractivity contribution in [3.05, 3.63) is 60.2 Å². The van der Waals surface area contributed by atoms with Crippen LogP contribution in [0, 0.1) is 0 Å². The minimum absolute atomic E-state index is 0.431. The van der Waals surface area contributed by atoms with Crippen LogP contribution in [-0.2, 0) is 0 Å². The molecule has 0 bridgehead atoms. The molecule has 2 aromatic carbocycles. The third-order valence-corrected chi connectivity index (χ3v) is 3.46. The average Bonchev–Trinajstić information content (AvgIpc) is 2.50. The first-order chi connectivity index (χ1) is 9.83. The predicted octanol–water partition coefficient (Wildman–Crippen LogP) is 4.93. The van der Waals surface area contributed by atoms with Crippen molar-refractivity contribution in [2.45, 2.75) is 32.2 Å². The lowest BCUT2D eigenvalue weighted by Crippen LogP contribution is -2.16. The molecule has 0 fully saturated rings. The molecule has 0 aliphatic heterocycles. The largest absolute Gasteiger partial charge is 0.457 e. The molecule has 0 amide bonds. The molecule has 106 valence electrons. The van der Waals surface area contributed by atoms with Gasteiger partial charge in [0.15, 0.2) is 0 Å². The van der Waals surface area contributed by atoms with E-state index in [-0.39, 0.29) is 0 Å². The number of unbranched alkanes of at least 4 members (excludes halogenated alkanes) is 1. The zero-order chi connectivity index (χ0) is 14.2. The lowest BCUT2D eigenvalue weighted by molar-refractivity contribution is 0.480. The Hall–Kier alpha value is -1.80. The molecule has 2 rings (SSSR count). The Balaban J connectivity index is 2.02. The van der Waals surface area contributed by atoms with Crippen molar-refractivity contribution in [2.75, 3.05) is 7.05 Å². The SMILES string of the molecule is CCCCC(NC)c1ccc(Oc2ccccc2)cc1. The molecule has 0 aliphatic carbocycles. The minimum atomic E-state index is 0.431. The molecule has 0 aromatic heterocycles. The number of benzene rings is 2. The van der Waals surface area contributed by atoms with Gasteiger partial charge in [-0.2, -0.15) is 0 Å². The Morgan fingerprint density at radius 1 is 0.950 bits per heavy atom.